The maximum Gasteiger partial charge on any atom is 0.221 e. The summed E-state index contributed by atoms with van der Waals surface area (Å²) in [5.41, 5.74) is 2.58. The van der Waals surface area contributed by atoms with Crippen LogP contribution in [0.3, 0.4) is 0 Å². The molecular formula is C15H23N3O3S. The molecule has 1 aliphatic heterocycles. The fourth-order valence-electron chi connectivity index (χ4n) is 2.63. The number of para-hydroxylation sites is 1. The first-order chi connectivity index (χ1) is 10.4. The van der Waals surface area contributed by atoms with Crippen LogP contribution in [0.1, 0.15) is 18.9 Å². The fraction of sp³-hybridized carbons (Fsp3) is 0.533. The van der Waals surface area contributed by atoms with Gasteiger partial charge in [-0.15, -0.1) is 0 Å². The van der Waals surface area contributed by atoms with Gasteiger partial charge in [0.25, 0.3) is 0 Å². The van der Waals surface area contributed by atoms with E-state index in [2.05, 4.69) is 34.0 Å². The number of amides is 1. The van der Waals surface area contributed by atoms with Gasteiger partial charge in [-0.05, 0) is 25.0 Å². The zero-order valence-corrected chi connectivity index (χ0v) is 13.8. The lowest BCUT2D eigenvalue weighted by Gasteiger charge is -2.27. The first kappa shape index (κ1) is 16.8. The van der Waals surface area contributed by atoms with Crippen molar-refractivity contribution < 1.29 is 13.2 Å². The van der Waals surface area contributed by atoms with Crippen LogP contribution in [0, 0.1) is 0 Å². The molecule has 0 fully saturated rings. The fourth-order valence-corrected chi connectivity index (χ4v) is 3.10. The normalized spacial score (nSPS) is 15.5. The second-order valence-electron chi connectivity index (χ2n) is 5.64. The zero-order valence-electron chi connectivity index (χ0n) is 13.0. The van der Waals surface area contributed by atoms with Crippen LogP contribution in [0.2, 0.25) is 0 Å². The molecule has 22 heavy (non-hydrogen) atoms. The van der Waals surface area contributed by atoms with E-state index in [1.807, 2.05) is 12.1 Å². The van der Waals surface area contributed by atoms with Crippen LogP contribution in [0.4, 0.5) is 5.69 Å². The molecule has 0 aliphatic carbocycles. The first-order valence-electron chi connectivity index (χ1n) is 7.43. The van der Waals surface area contributed by atoms with Gasteiger partial charge in [0.15, 0.2) is 0 Å². The molecule has 2 rings (SSSR count). The Bertz CT molecular complexity index is 631. The van der Waals surface area contributed by atoms with Crippen molar-refractivity contribution in [2.24, 2.45) is 0 Å². The summed E-state index contributed by atoms with van der Waals surface area (Å²) in [4.78, 5) is 14.0. The van der Waals surface area contributed by atoms with Gasteiger partial charge in [0.05, 0.1) is 6.26 Å². The van der Waals surface area contributed by atoms with Crippen LogP contribution in [0.15, 0.2) is 24.3 Å². The lowest BCUT2D eigenvalue weighted by molar-refractivity contribution is -0.120. The Balaban J connectivity index is 1.76. The third kappa shape index (κ3) is 4.71. The molecule has 1 unspecified atom stereocenters. The summed E-state index contributed by atoms with van der Waals surface area (Å²) in [5.74, 6) is -0.143. The second-order valence-corrected chi connectivity index (χ2v) is 7.47. The molecule has 0 saturated heterocycles. The Kier molecular flexibility index (Phi) is 5.42. The maximum atomic E-state index is 11.7. The van der Waals surface area contributed by atoms with E-state index in [1.165, 1.54) is 11.3 Å². The molecule has 1 aliphatic rings. The van der Waals surface area contributed by atoms with Gasteiger partial charge >= 0.3 is 0 Å². The van der Waals surface area contributed by atoms with Crippen LogP contribution in [0.25, 0.3) is 0 Å². The van der Waals surface area contributed by atoms with E-state index in [0.29, 0.717) is 6.54 Å². The summed E-state index contributed by atoms with van der Waals surface area (Å²) in [6.45, 7) is 3.72. The molecular weight excluding hydrogens is 302 g/mol. The number of hydrogen-bond donors (Lipinski definition) is 2. The largest absolute Gasteiger partial charge is 0.366 e. The summed E-state index contributed by atoms with van der Waals surface area (Å²) in [7, 11) is -3.24. The number of hydrogen-bond acceptors (Lipinski definition) is 4. The lowest BCUT2D eigenvalue weighted by atomic mass is 10.2. The highest BCUT2D eigenvalue weighted by Crippen LogP contribution is 2.28. The van der Waals surface area contributed by atoms with Gasteiger partial charge in [-0.25, -0.2) is 13.1 Å². The molecule has 1 aromatic rings. The molecule has 0 spiro atoms. The smallest absolute Gasteiger partial charge is 0.221 e. The van der Waals surface area contributed by atoms with Gasteiger partial charge in [-0.3, -0.25) is 4.79 Å². The SMILES string of the molecule is CC(CNC(=O)CCNS(C)(=O)=O)N1CCc2ccccc21. The highest BCUT2D eigenvalue weighted by molar-refractivity contribution is 7.88. The Morgan fingerprint density at radius 2 is 2.09 bits per heavy atom. The van der Waals surface area contributed by atoms with Crippen LogP contribution >= 0.6 is 0 Å². The predicted octanol–water partition coefficient (Wildman–Crippen LogP) is 0.493. The zero-order chi connectivity index (χ0) is 16.2. The molecule has 0 bridgehead atoms. The molecule has 1 aromatic carbocycles. The van der Waals surface area contributed by atoms with Gasteiger partial charge in [-0.2, -0.15) is 0 Å². The number of nitrogens with zero attached hydrogens (tertiary/aromatic N) is 1. The van der Waals surface area contributed by atoms with Crippen molar-refractivity contribution in [3.8, 4) is 0 Å². The molecule has 0 aromatic heterocycles. The average Bonchev–Trinajstić information content (AvgIpc) is 2.87. The summed E-state index contributed by atoms with van der Waals surface area (Å²) >= 11 is 0. The van der Waals surface area contributed by atoms with Crippen molar-refractivity contribution in [1.29, 1.82) is 0 Å². The topological polar surface area (TPSA) is 78.5 Å². The van der Waals surface area contributed by atoms with Crippen molar-refractivity contribution in [2.45, 2.75) is 25.8 Å². The monoisotopic (exact) mass is 325 g/mol. The number of anilines is 1. The highest BCUT2D eigenvalue weighted by Gasteiger charge is 2.22. The Labute approximate surface area is 131 Å². The van der Waals surface area contributed by atoms with E-state index in [0.717, 1.165) is 19.2 Å². The van der Waals surface area contributed by atoms with E-state index in [4.69, 9.17) is 0 Å². The number of rotatable bonds is 7. The summed E-state index contributed by atoms with van der Waals surface area (Å²) in [5, 5.41) is 2.86. The van der Waals surface area contributed by atoms with Crippen molar-refractivity contribution >= 4 is 21.6 Å². The van der Waals surface area contributed by atoms with Gasteiger partial charge < -0.3 is 10.2 Å². The maximum absolute atomic E-state index is 11.7. The van der Waals surface area contributed by atoms with Crippen LogP contribution in [-0.2, 0) is 21.2 Å². The molecule has 7 heteroatoms. The summed E-state index contributed by atoms with van der Waals surface area (Å²) < 4.78 is 24.1. The van der Waals surface area contributed by atoms with Crippen molar-refractivity contribution in [3.63, 3.8) is 0 Å². The third-order valence-electron chi connectivity index (χ3n) is 3.77. The lowest BCUT2D eigenvalue weighted by Crippen LogP contribution is -2.42. The molecule has 2 N–H and O–H groups in total. The first-order valence-corrected chi connectivity index (χ1v) is 9.32. The summed E-state index contributed by atoms with van der Waals surface area (Å²) in [6.07, 6.45) is 2.26. The minimum atomic E-state index is -3.24. The number of benzene rings is 1. The van der Waals surface area contributed by atoms with E-state index >= 15 is 0 Å². The number of carbonyl (C=O) groups excluding carboxylic acids is 1. The Morgan fingerprint density at radius 1 is 1.36 bits per heavy atom. The Morgan fingerprint density at radius 3 is 2.82 bits per heavy atom. The number of sulfonamides is 1. The summed E-state index contributed by atoms with van der Waals surface area (Å²) in [6, 6.07) is 8.52. The molecule has 1 amide bonds. The van der Waals surface area contributed by atoms with Crippen molar-refractivity contribution in [1.82, 2.24) is 10.0 Å². The molecule has 1 heterocycles. The number of fused-ring (bicyclic) bond motifs is 1. The molecule has 1 atom stereocenters. The van der Waals surface area contributed by atoms with E-state index in [9.17, 15) is 13.2 Å². The van der Waals surface area contributed by atoms with Gasteiger partial charge in [0.1, 0.15) is 0 Å². The molecule has 122 valence electrons. The molecule has 0 saturated carbocycles. The minimum Gasteiger partial charge on any atom is -0.366 e. The van der Waals surface area contributed by atoms with Crippen molar-refractivity contribution in [3.05, 3.63) is 29.8 Å². The highest BCUT2D eigenvalue weighted by atomic mass is 32.2. The van der Waals surface area contributed by atoms with Gasteiger partial charge in [0, 0.05) is 37.8 Å². The van der Waals surface area contributed by atoms with E-state index < -0.39 is 10.0 Å². The van der Waals surface area contributed by atoms with Crippen LogP contribution in [0.5, 0.6) is 0 Å². The minimum absolute atomic E-state index is 0.131. The second kappa shape index (κ2) is 7.11. The van der Waals surface area contributed by atoms with Gasteiger partial charge in [0.2, 0.25) is 15.9 Å². The number of nitrogens with one attached hydrogen (secondary N) is 2. The number of carbonyl (C=O) groups is 1. The van der Waals surface area contributed by atoms with Crippen LogP contribution < -0.4 is 14.9 Å². The predicted molar refractivity (Wildman–Crippen MR) is 87.4 cm³/mol. The van der Waals surface area contributed by atoms with E-state index in [-0.39, 0.29) is 24.9 Å². The van der Waals surface area contributed by atoms with Crippen molar-refractivity contribution in [2.75, 3.05) is 30.8 Å². The molecule has 0 radical (unpaired) electrons. The standard InChI is InChI=1S/C15H23N3O3S/c1-12(11-16-15(19)7-9-17-22(2,20)21)18-10-8-13-5-3-4-6-14(13)18/h3-6,12,17H,7-11H2,1-2H3,(H,16,19). The van der Waals surface area contributed by atoms with Crippen LogP contribution in [-0.4, -0.2) is 46.3 Å². The quantitative estimate of drug-likeness (QED) is 0.765. The Hall–Kier alpha value is -1.60. The van der Waals surface area contributed by atoms with E-state index in [1.54, 1.807) is 0 Å². The average molecular weight is 325 g/mol. The molecule has 6 nitrogen and oxygen atoms in total. The van der Waals surface area contributed by atoms with Gasteiger partial charge in [-0.1, -0.05) is 18.2 Å². The third-order valence-corrected chi connectivity index (χ3v) is 4.49.